The molecule has 1 aromatic rings. The molecule has 0 saturated carbocycles. The first-order valence-electron chi connectivity index (χ1n) is 7.75. The van der Waals surface area contributed by atoms with Crippen LogP contribution in [0.1, 0.15) is 12.1 Å². The molecule has 3 N–H and O–H groups in total. The molecule has 1 fully saturated rings. The van der Waals surface area contributed by atoms with Crippen LogP contribution in [0.15, 0.2) is 29.4 Å². The number of aromatic amines is 1. The number of nitrogens with one attached hydrogen (secondary N) is 3. The van der Waals surface area contributed by atoms with E-state index in [0.29, 0.717) is 6.04 Å². The van der Waals surface area contributed by atoms with Gasteiger partial charge in [0, 0.05) is 69.3 Å². The number of H-pyrrole nitrogens is 1. The Morgan fingerprint density at radius 2 is 2.24 bits per heavy atom. The fourth-order valence-corrected chi connectivity index (χ4v) is 2.84. The van der Waals surface area contributed by atoms with Gasteiger partial charge >= 0.3 is 0 Å². The highest BCUT2D eigenvalue weighted by Crippen LogP contribution is 2.04. The minimum absolute atomic E-state index is 0.471. The van der Waals surface area contributed by atoms with Crippen molar-refractivity contribution in [3.05, 3.63) is 30.1 Å². The highest BCUT2D eigenvalue weighted by molar-refractivity contribution is 5.96. The summed E-state index contributed by atoms with van der Waals surface area (Å²) < 4.78 is 0. The lowest BCUT2D eigenvalue weighted by Gasteiger charge is -2.21. The predicted molar refractivity (Wildman–Crippen MR) is 84.6 cm³/mol. The number of aliphatic imine (C=N–C) groups is 1. The predicted octanol–water partition coefficient (Wildman–Crippen LogP) is 0.174. The Morgan fingerprint density at radius 3 is 3.05 bits per heavy atom. The van der Waals surface area contributed by atoms with Crippen LogP contribution in [0.25, 0.3) is 0 Å². The van der Waals surface area contributed by atoms with Gasteiger partial charge in [-0.3, -0.25) is 15.0 Å². The zero-order chi connectivity index (χ0) is 14.3. The van der Waals surface area contributed by atoms with Gasteiger partial charge < -0.3 is 10.6 Å². The molecular formula is C15H24N6. The second-order valence-corrected chi connectivity index (χ2v) is 5.65. The van der Waals surface area contributed by atoms with Gasteiger partial charge in [-0.25, -0.2) is 0 Å². The van der Waals surface area contributed by atoms with Gasteiger partial charge in [-0.05, 0) is 12.1 Å². The van der Waals surface area contributed by atoms with Crippen molar-refractivity contribution in [1.29, 1.82) is 0 Å². The van der Waals surface area contributed by atoms with E-state index in [9.17, 15) is 0 Å². The summed E-state index contributed by atoms with van der Waals surface area (Å²) in [5.74, 6) is 0. The minimum atomic E-state index is 0.471. The lowest BCUT2D eigenvalue weighted by atomic mass is 10.1. The molecule has 0 amide bonds. The topological polar surface area (TPSA) is 68.3 Å². The van der Waals surface area contributed by atoms with E-state index in [1.807, 2.05) is 12.3 Å². The van der Waals surface area contributed by atoms with Gasteiger partial charge in [0.25, 0.3) is 0 Å². The molecule has 0 aromatic carbocycles. The van der Waals surface area contributed by atoms with Crippen LogP contribution in [0.2, 0.25) is 0 Å². The summed E-state index contributed by atoms with van der Waals surface area (Å²) in [6, 6.07) is 2.51. The lowest BCUT2D eigenvalue weighted by molar-refractivity contribution is 0.268. The zero-order valence-electron chi connectivity index (χ0n) is 12.4. The molecule has 2 aliphatic rings. The Morgan fingerprint density at radius 1 is 1.29 bits per heavy atom. The smallest absolute Gasteiger partial charge is 0.0577 e. The molecule has 1 aromatic heterocycles. The number of hydrogen-bond acceptors (Lipinski definition) is 5. The third kappa shape index (κ3) is 4.49. The monoisotopic (exact) mass is 288 g/mol. The van der Waals surface area contributed by atoms with E-state index < -0.39 is 0 Å². The van der Waals surface area contributed by atoms with E-state index in [1.54, 1.807) is 0 Å². The third-order valence-electron chi connectivity index (χ3n) is 3.97. The Kier molecular flexibility index (Phi) is 5.15. The van der Waals surface area contributed by atoms with Gasteiger partial charge in [0.15, 0.2) is 0 Å². The van der Waals surface area contributed by atoms with Gasteiger partial charge in [0.2, 0.25) is 0 Å². The van der Waals surface area contributed by atoms with Crippen molar-refractivity contribution in [3.8, 4) is 0 Å². The zero-order valence-corrected chi connectivity index (χ0v) is 12.4. The summed E-state index contributed by atoms with van der Waals surface area (Å²) in [5, 5.41) is 14.3. The summed E-state index contributed by atoms with van der Waals surface area (Å²) in [5.41, 5.74) is 2.40. The fraction of sp³-hybridized carbons (Fsp3) is 0.600. The third-order valence-corrected chi connectivity index (χ3v) is 3.97. The van der Waals surface area contributed by atoms with Crippen molar-refractivity contribution < 1.29 is 0 Å². The largest absolute Gasteiger partial charge is 0.314 e. The molecule has 0 aliphatic carbocycles. The van der Waals surface area contributed by atoms with E-state index in [4.69, 9.17) is 0 Å². The highest BCUT2D eigenvalue weighted by atomic mass is 15.2. The molecule has 0 bridgehead atoms. The average molecular weight is 288 g/mol. The molecule has 6 nitrogen and oxygen atoms in total. The maximum absolute atomic E-state index is 4.49. The number of aromatic nitrogens is 2. The summed E-state index contributed by atoms with van der Waals surface area (Å²) in [4.78, 5) is 6.94. The first kappa shape index (κ1) is 14.4. The molecule has 6 heteroatoms. The van der Waals surface area contributed by atoms with Crippen LogP contribution in [0.5, 0.6) is 0 Å². The van der Waals surface area contributed by atoms with E-state index in [-0.39, 0.29) is 0 Å². The van der Waals surface area contributed by atoms with Crippen LogP contribution in [-0.4, -0.2) is 66.1 Å². The molecule has 0 radical (unpaired) electrons. The van der Waals surface area contributed by atoms with Crippen LogP contribution in [0.3, 0.4) is 0 Å². The molecule has 114 valence electrons. The Balaban J connectivity index is 1.48. The van der Waals surface area contributed by atoms with Crippen LogP contribution in [0.4, 0.5) is 0 Å². The fourth-order valence-electron chi connectivity index (χ4n) is 2.84. The Hall–Kier alpha value is -1.50. The lowest BCUT2D eigenvalue weighted by Crippen LogP contribution is -2.40. The van der Waals surface area contributed by atoms with Gasteiger partial charge in [0.1, 0.15) is 0 Å². The van der Waals surface area contributed by atoms with Gasteiger partial charge in [-0.2, -0.15) is 5.10 Å². The summed E-state index contributed by atoms with van der Waals surface area (Å²) in [6.45, 7) is 6.95. The van der Waals surface area contributed by atoms with Crippen LogP contribution >= 0.6 is 0 Å². The first-order valence-corrected chi connectivity index (χ1v) is 7.75. The second kappa shape index (κ2) is 7.49. The molecule has 1 atom stereocenters. The normalized spacial score (nSPS) is 24.4. The molecule has 1 saturated heterocycles. The van der Waals surface area contributed by atoms with Crippen molar-refractivity contribution >= 4 is 5.71 Å². The molecule has 3 heterocycles. The van der Waals surface area contributed by atoms with Gasteiger partial charge in [-0.1, -0.05) is 6.08 Å². The van der Waals surface area contributed by atoms with Crippen molar-refractivity contribution in [2.45, 2.75) is 19.0 Å². The SMILES string of the molecule is C1=CC(CC2CNCCN(Cc3ccn[nH]3)CCN2)=NC1. The minimum Gasteiger partial charge on any atom is -0.314 e. The molecule has 1 unspecified atom stereocenters. The van der Waals surface area contributed by atoms with Crippen molar-refractivity contribution in [2.24, 2.45) is 4.99 Å². The maximum atomic E-state index is 4.49. The average Bonchev–Trinajstić information content (AvgIpc) is 3.16. The standard InChI is InChI=1S/C15H24N6/c1-2-13(17-4-1)10-15-11-16-6-8-21(9-7-18-15)12-14-3-5-19-20-14/h1-3,5,15-16,18H,4,6-12H2,(H,19,20). The quantitative estimate of drug-likeness (QED) is 0.739. The molecule has 2 aliphatic heterocycles. The number of nitrogens with zero attached hydrogens (tertiary/aromatic N) is 3. The van der Waals surface area contributed by atoms with Gasteiger partial charge in [0.05, 0.1) is 6.54 Å². The van der Waals surface area contributed by atoms with E-state index in [0.717, 1.165) is 52.2 Å². The maximum Gasteiger partial charge on any atom is 0.0577 e. The first-order chi connectivity index (χ1) is 10.4. The van der Waals surface area contributed by atoms with E-state index in [1.165, 1.54) is 11.4 Å². The molecule has 0 spiro atoms. The molecule has 3 rings (SSSR count). The summed E-state index contributed by atoms with van der Waals surface area (Å²) in [6.07, 6.45) is 7.11. The van der Waals surface area contributed by atoms with Crippen LogP contribution < -0.4 is 10.6 Å². The van der Waals surface area contributed by atoms with Gasteiger partial charge in [-0.15, -0.1) is 0 Å². The number of hydrogen-bond donors (Lipinski definition) is 3. The van der Waals surface area contributed by atoms with Crippen molar-refractivity contribution in [1.82, 2.24) is 25.7 Å². The molecule has 21 heavy (non-hydrogen) atoms. The Bertz CT molecular complexity index is 478. The van der Waals surface area contributed by atoms with Crippen LogP contribution in [0, 0.1) is 0 Å². The highest BCUT2D eigenvalue weighted by Gasteiger charge is 2.15. The molecular weight excluding hydrogens is 264 g/mol. The number of rotatable bonds is 4. The Labute approximate surface area is 125 Å². The van der Waals surface area contributed by atoms with Crippen molar-refractivity contribution in [2.75, 3.05) is 39.3 Å². The summed E-state index contributed by atoms with van der Waals surface area (Å²) in [7, 11) is 0. The second-order valence-electron chi connectivity index (χ2n) is 5.65. The number of allylic oxidation sites excluding steroid dienone is 1. The van der Waals surface area contributed by atoms with Crippen molar-refractivity contribution in [3.63, 3.8) is 0 Å². The summed E-state index contributed by atoms with van der Waals surface area (Å²) >= 11 is 0. The van der Waals surface area contributed by atoms with E-state index in [2.05, 4.69) is 42.9 Å². The van der Waals surface area contributed by atoms with E-state index >= 15 is 0 Å². The van der Waals surface area contributed by atoms with Crippen LogP contribution in [-0.2, 0) is 6.54 Å².